The van der Waals surface area contributed by atoms with E-state index in [0.717, 1.165) is 11.1 Å². The Balaban J connectivity index is 0.932. The molecule has 2 saturated heterocycles. The number of aromatic nitrogens is 2. The number of fused-ring (bicyclic) bond motifs is 2. The lowest BCUT2D eigenvalue weighted by Gasteiger charge is -2.43. The fourth-order valence-corrected chi connectivity index (χ4v) is 9.53. The molecule has 4 aromatic rings. The lowest BCUT2D eigenvalue weighted by molar-refractivity contribution is -0.178. The van der Waals surface area contributed by atoms with Crippen molar-refractivity contribution in [2.24, 2.45) is 25.9 Å². The van der Waals surface area contributed by atoms with Gasteiger partial charge >= 0.3 is 11.9 Å². The first-order valence-electron chi connectivity index (χ1n) is 20.5. The Labute approximate surface area is 337 Å². The lowest BCUT2D eigenvalue weighted by Crippen LogP contribution is -2.54. The molecular formula is C46H50N4O8. The third kappa shape index (κ3) is 8.26. The van der Waals surface area contributed by atoms with Crippen molar-refractivity contribution in [1.29, 1.82) is 0 Å². The van der Waals surface area contributed by atoms with Crippen LogP contribution in [-0.4, -0.2) is 92.9 Å². The number of benzene rings is 2. The van der Waals surface area contributed by atoms with Gasteiger partial charge in [-0.15, -0.1) is 0 Å². The van der Waals surface area contributed by atoms with E-state index in [2.05, 4.69) is 21.9 Å². The summed E-state index contributed by atoms with van der Waals surface area (Å²) >= 11 is 0. The number of ketones is 2. The second kappa shape index (κ2) is 16.8. The summed E-state index contributed by atoms with van der Waals surface area (Å²) in [6, 6.07) is 22.0. The van der Waals surface area contributed by atoms with Crippen LogP contribution in [0.5, 0.6) is 0 Å². The van der Waals surface area contributed by atoms with Gasteiger partial charge < -0.3 is 18.6 Å². The number of likely N-dealkylation sites (tertiary alicyclic amines) is 2. The monoisotopic (exact) mass is 786 g/mol. The van der Waals surface area contributed by atoms with E-state index in [-0.39, 0.29) is 46.6 Å². The number of hydrogen-bond acceptors (Lipinski definition) is 10. The van der Waals surface area contributed by atoms with Crippen LogP contribution < -0.4 is 11.1 Å². The number of aryl methyl sites for hydroxylation is 2. The molecule has 2 aliphatic heterocycles. The van der Waals surface area contributed by atoms with Crippen molar-refractivity contribution >= 4 is 23.5 Å². The van der Waals surface area contributed by atoms with E-state index in [1.54, 1.807) is 38.6 Å². The third-order valence-corrected chi connectivity index (χ3v) is 13.0. The summed E-state index contributed by atoms with van der Waals surface area (Å²) in [6.45, 7) is 2.45. The van der Waals surface area contributed by atoms with Crippen molar-refractivity contribution < 1.29 is 28.7 Å². The van der Waals surface area contributed by atoms with Crippen molar-refractivity contribution in [1.82, 2.24) is 18.9 Å². The van der Waals surface area contributed by atoms with Gasteiger partial charge in [0.1, 0.15) is 12.2 Å². The molecule has 0 saturated carbocycles. The first-order valence-corrected chi connectivity index (χ1v) is 20.5. The van der Waals surface area contributed by atoms with E-state index >= 15 is 0 Å². The van der Waals surface area contributed by atoms with Crippen LogP contribution in [0.15, 0.2) is 94.8 Å². The molecule has 2 aromatic carbocycles. The second-order valence-corrected chi connectivity index (χ2v) is 16.5. The van der Waals surface area contributed by atoms with Gasteiger partial charge in [0.05, 0.1) is 12.1 Å². The number of hydrogen-bond donors (Lipinski definition) is 0. The Morgan fingerprint density at radius 3 is 1.21 bits per heavy atom. The zero-order valence-corrected chi connectivity index (χ0v) is 33.1. The molecule has 0 amide bonds. The normalized spacial score (nSPS) is 23.0. The number of pyridine rings is 2. The molecule has 58 heavy (non-hydrogen) atoms. The molecule has 4 atom stereocenters. The predicted molar refractivity (Wildman–Crippen MR) is 216 cm³/mol. The van der Waals surface area contributed by atoms with E-state index in [9.17, 15) is 28.8 Å². The van der Waals surface area contributed by atoms with Crippen LogP contribution in [0.2, 0.25) is 0 Å². The van der Waals surface area contributed by atoms with Crippen LogP contribution in [0, 0.1) is 11.8 Å². The first-order chi connectivity index (χ1) is 28.0. The first kappa shape index (κ1) is 39.4. The molecule has 4 unspecified atom stereocenters. The van der Waals surface area contributed by atoms with E-state index < -0.39 is 24.1 Å². The molecule has 0 N–H and O–H groups in total. The van der Waals surface area contributed by atoms with Crippen molar-refractivity contribution in [2.75, 3.05) is 26.2 Å². The van der Waals surface area contributed by atoms with Gasteiger partial charge in [-0.05, 0) is 99.1 Å². The minimum Gasteiger partial charge on any atom is -0.452 e. The van der Waals surface area contributed by atoms with Gasteiger partial charge in [0, 0.05) is 74.4 Å². The summed E-state index contributed by atoms with van der Waals surface area (Å²) in [4.78, 5) is 83.1. The molecule has 4 heterocycles. The van der Waals surface area contributed by atoms with E-state index in [4.69, 9.17) is 9.47 Å². The van der Waals surface area contributed by atoms with E-state index in [1.807, 2.05) is 36.4 Å². The highest BCUT2D eigenvalue weighted by atomic mass is 16.6. The summed E-state index contributed by atoms with van der Waals surface area (Å²) < 4.78 is 15.1. The lowest BCUT2D eigenvalue weighted by atomic mass is 9.82. The summed E-state index contributed by atoms with van der Waals surface area (Å²) in [6.07, 6.45) is 6.66. The molecule has 8 rings (SSSR count). The number of Topliss-reactive ketones (excluding diaryl/α,β-unsaturated/α-hetero) is 2. The average molecular weight is 787 g/mol. The van der Waals surface area contributed by atoms with Gasteiger partial charge in [0.25, 0.3) is 11.1 Å². The Morgan fingerprint density at radius 2 is 0.862 bits per heavy atom. The molecule has 2 fully saturated rings. The molecule has 2 aromatic heterocycles. The molecule has 0 spiro atoms. The highest BCUT2D eigenvalue weighted by Crippen LogP contribution is 2.33. The van der Waals surface area contributed by atoms with E-state index in [0.29, 0.717) is 88.7 Å². The second-order valence-electron chi connectivity index (χ2n) is 16.5. The summed E-state index contributed by atoms with van der Waals surface area (Å²) in [5.74, 6) is -2.51. The highest BCUT2D eigenvalue weighted by molar-refractivity contribution is 6.29. The topological polar surface area (TPSA) is 137 Å². The van der Waals surface area contributed by atoms with Crippen molar-refractivity contribution in [2.45, 2.75) is 75.7 Å². The Hall–Kier alpha value is -5.46. The predicted octanol–water partition coefficient (Wildman–Crippen LogP) is 3.73. The van der Waals surface area contributed by atoms with Crippen LogP contribution in [0.3, 0.4) is 0 Å². The maximum atomic E-state index is 13.7. The highest BCUT2D eigenvalue weighted by Gasteiger charge is 2.42. The molecule has 302 valence electrons. The Morgan fingerprint density at radius 1 is 0.517 bits per heavy atom. The number of rotatable bonds is 8. The maximum absolute atomic E-state index is 13.7. The van der Waals surface area contributed by atoms with Gasteiger partial charge in [-0.3, -0.25) is 29.0 Å². The van der Waals surface area contributed by atoms with Gasteiger partial charge in [0.2, 0.25) is 0 Å². The number of ether oxygens (including phenoxy) is 2. The smallest absolute Gasteiger partial charge is 0.417 e. The summed E-state index contributed by atoms with van der Waals surface area (Å²) in [7, 11) is 3.31. The number of carbonyl (C=O) groups excluding carboxylic acids is 4. The minimum absolute atomic E-state index is 0.0287. The fraction of sp³-hybridized carbons (Fsp3) is 0.435. The van der Waals surface area contributed by atoms with Crippen LogP contribution in [-0.2, 0) is 58.8 Å². The molecule has 12 nitrogen and oxygen atoms in total. The van der Waals surface area contributed by atoms with Crippen molar-refractivity contribution in [3.63, 3.8) is 0 Å². The zero-order chi connectivity index (χ0) is 40.5. The molecule has 4 aliphatic rings. The zero-order valence-electron chi connectivity index (χ0n) is 33.1. The standard InChI is InChI=1S/C46H50N4O8/c1-47-17-11-35(27-41(47)51)43(53)29-13-19-49(20-14-29)37-23-31-7-3-5-9-33(31)25-39(37)57-45(55)46(56)58-40-26-34-10-6-4-8-32(34)24-38(40)50-21-15-30(16-22-50)44(54)36-12-18-48(2)42(52)28-36/h3-12,17-18,27-30,37-40H,13-16,19-26H2,1-2H3. The molecular weight excluding hydrogens is 737 g/mol. The Bertz CT molecular complexity index is 2170. The van der Waals surface area contributed by atoms with Gasteiger partial charge in [-0.1, -0.05) is 48.5 Å². The molecule has 0 bridgehead atoms. The molecule has 12 heteroatoms. The van der Waals surface area contributed by atoms with Crippen LogP contribution in [0.1, 0.15) is 68.7 Å². The number of carbonyl (C=O) groups is 4. The molecule has 2 aliphatic carbocycles. The fourth-order valence-electron chi connectivity index (χ4n) is 9.53. The quantitative estimate of drug-likeness (QED) is 0.148. The minimum atomic E-state index is -1.01. The van der Waals surface area contributed by atoms with Crippen molar-refractivity contribution in [3.8, 4) is 0 Å². The molecule has 0 radical (unpaired) electrons. The number of nitrogens with zero attached hydrogens (tertiary/aromatic N) is 4. The van der Waals surface area contributed by atoms with Gasteiger partial charge in [0.15, 0.2) is 11.6 Å². The van der Waals surface area contributed by atoms with Crippen LogP contribution in [0.4, 0.5) is 0 Å². The van der Waals surface area contributed by atoms with Crippen molar-refractivity contribution in [3.05, 3.63) is 139 Å². The third-order valence-electron chi connectivity index (χ3n) is 13.0. The maximum Gasteiger partial charge on any atom is 0.417 e. The van der Waals surface area contributed by atoms with Gasteiger partial charge in [-0.2, -0.15) is 0 Å². The van der Waals surface area contributed by atoms with Gasteiger partial charge in [-0.25, -0.2) is 9.59 Å². The average Bonchev–Trinajstić information content (AvgIpc) is 3.24. The number of piperidine rings is 2. The summed E-state index contributed by atoms with van der Waals surface area (Å²) in [5, 5.41) is 0. The SMILES string of the molecule is Cn1ccc(C(=O)C2CCN(C3Cc4ccccc4CC3OC(=O)C(=O)OC3Cc4ccccc4CC3N3CCC(C(=O)c4ccn(C)c(=O)c4)CC3)CC2)cc1=O. The Kier molecular flexibility index (Phi) is 11.4. The van der Waals surface area contributed by atoms with Crippen LogP contribution in [0.25, 0.3) is 0 Å². The van der Waals surface area contributed by atoms with Crippen LogP contribution >= 0.6 is 0 Å². The number of esters is 2. The largest absolute Gasteiger partial charge is 0.452 e. The van der Waals surface area contributed by atoms with E-state index in [1.165, 1.54) is 32.4 Å². The summed E-state index contributed by atoms with van der Waals surface area (Å²) in [5.41, 5.74) is 4.90.